The van der Waals surface area contributed by atoms with Crippen LogP contribution in [-0.4, -0.2) is 51.4 Å². The van der Waals surface area contributed by atoms with Crippen molar-refractivity contribution in [1.82, 2.24) is 4.90 Å². The van der Waals surface area contributed by atoms with Gasteiger partial charge in [-0.15, -0.1) is 0 Å². The lowest BCUT2D eigenvalue weighted by atomic mass is 10.0. The first kappa shape index (κ1) is 38.5. The van der Waals surface area contributed by atoms with Gasteiger partial charge in [0.15, 0.2) is 0 Å². The van der Waals surface area contributed by atoms with Crippen molar-refractivity contribution in [2.75, 3.05) is 35.4 Å². The minimum atomic E-state index is -4.19. The van der Waals surface area contributed by atoms with Crippen LogP contribution < -0.4 is 9.21 Å². The number of hydrogen-bond acceptors (Lipinski definition) is 8. The van der Waals surface area contributed by atoms with Crippen molar-refractivity contribution in [3.63, 3.8) is 0 Å². The molecule has 3 aromatic carbocycles. The van der Waals surface area contributed by atoms with Crippen molar-refractivity contribution in [2.24, 2.45) is 0 Å². The van der Waals surface area contributed by atoms with Gasteiger partial charge in [-0.3, -0.25) is 9.10 Å². The van der Waals surface area contributed by atoms with E-state index in [4.69, 9.17) is 25.2 Å². The molecule has 0 aliphatic rings. The monoisotopic (exact) mass is 747 g/mol. The Morgan fingerprint density at radius 1 is 0.904 bits per heavy atom. The lowest BCUT2D eigenvalue weighted by molar-refractivity contribution is 0.0491. The first-order valence-corrected chi connectivity index (χ1v) is 19.5. The third-order valence-electron chi connectivity index (χ3n) is 9.08. The number of nitrogens with zero attached hydrogens (tertiary/aromatic N) is 3. The molecule has 276 valence electrons. The van der Waals surface area contributed by atoms with Gasteiger partial charge in [0.1, 0.15) is 11.3 Å². The second-order valence-corrected chi connectivity index (χ2v) is 14.6. The fourth-order valence-electron chi connectivity index (χ4n) is 6.66. The number of carbonyl (C=O) groups excluding carboxylic acids is 2. The van der Waals surface area contributed by atoms with Crippen LogP contribution in [0.2, 0.25) is 5.02 Å². The minimum Gasteiger partial charge on any atom is -0.467 e. The Morgan fingerprint density at radius 2 is 1.67 bits per heavy atom. The van der Waals surface area contributed by atoms with Gasteiger partial charge in [0.2, 0.25) is 5.76 Å². The SMILES string of the molecule is CCCN(CC)c1ccc(N(CC)S(=O)(=O)c2ccc3oc(C(=O)OCC)c(C)c3c2CC)c(CN(Cc2ccco2)C(=O)c2ccccc2Cl)c1. The van der Waals surface area contributed by atoms with Crippen molar-refractivity contribution >= 4 is 55.8 Å². The molecule has 2 aromatic heterocycles. The lowest BCUT2D eigenvalue weighted by Crippen LogP contribution is -2.35. The van der Waals surface area contributed by atoms with Gasteiger partial charge in [0.05, 0.1) is 40.6 Å². The van der Waals surface area contributed by atoms with Crippen LogP contribution >= 0.6 is 11.6 Å². The highest BCUT2D eigenvalue weighted by Gasteiger charge is 2.32. The number of aryl methyl sites for hydroxylation is 2. The molecule has 0 N–H and O–H groups in total. The molecule has 2 heterocycles. The second-order valence-electron chi connectivity index (χ2n) is 12.3. The highest BCUT2D eigenvalue weighted by molar-refractivity contribution is 7.93. The maximum atomic E-state index is 14.9. The Kier molecular flexibility index (Phi) is 12.4. The smallest absolute Gasteiger partial charge is 0.374 e. The lowest BCUT2D eigenvalue weighted by Gasteiger charge is -2.31. The topological polar surface area (TPSA) is 114 Å². The van der Waals surface area contributed by atoms with Gasteiger partial charge in [-0.25, -0.2) is 13.2 Å². The van der Waals surface area contributed by atoms with Gasteiger partial charge in [-0.05, 0) is 106 Å². The van der Waals surface area contributed by atoms with Crippen molar-refractivity contribution in [3.8, 4) is 0 Å². The van der Waals surface area contributed by atoms with E-state index < -0.39 is 16.0 Å². The summed E-state index contributed by atoms with van der Waals surface area (Å²) < 4.78 is 47.9. The summed E-state index contributed by atoms with van der Waals surface area (Å²) >= 11 is 6.52. The summed E-state index contributed by atoms with van der Waals surface area (Å²) in [7, 11) is -4.19. The van der Waals surface area contributed by atoms with E-state index in [0.717, 1.165) is 25.2 Å². The van der Waals surface area contributed by atoms with E-state index in [1.165, 1.54) is 10.4 Å². The molecule has 0 fully saturated rings. The van der Waals surface area contributed by atoms with Crippen LogP contribution in [0.3, 0.4) is 0 Å². The maximum Gasteiger partial charge on any atom is 0.374 e. The number of sulfonamides is 1. The van der Waals surface area contributed by atoms with Crippen molar-refractivity contribution < 1.29 is 31.6 Å². The number of benzene rings is 3. The third-order valence-corrected chi connectivity index (χ3v) is 11.4. The molecule has 1 amide bonds. The summed E-state index contributed by atoms with van der Waals surface area (Å²) in [4.78, 5) is 30.8. The molecule has 0 aliphatic heterocycles. The number of carbonyl (C=O) groups is 2. The molecule has 0 aliphatic carbocycles. The van der Waals surface area contributed by atoms with Crippen LogP contribution in [0, 0.1) is 6.92 Å². The number of rotatable bonds is 16. The van der Waals surface area contributed by atoms with E-state index in [0.29, 0.717) is 56.1 Å². The Morgan fingerprint density at radius 3 is 2.31 bits per heavy atom. The molecule has 0 bridgehead atoms. The molecular formula is C40H46ClN3O7S. The molecule has 0 radical (unpaired) electrons. The van der Waals surface area contributed by atoms with Gasteiger partial charge >= 0.3 is 5.97 Å². The van der Waals surface area contributed by atoms with Crippen molar-refractivity contribution in [1.29, 1.82) is 0 Å². The molecule has 0 saturated heterocycles. The van der Waals surface area contributed by atoms with Gasteiger partial charge in [0.25, 0.3) is 15.9 Å². The highest BCUT2D eigenvalue weighted by atomic mass is 35.5. The number of halogens is 1. The Balaban J connectivity index is 1.67. The van der Waals surface area contributed by atoms with Crippen molar-refractivity contribution in [3.05, 3.63) is 112 Å². The summed E-state index contributed by atoms with van der Waals surface area (Å²) in [5, 5.41) is 0.887. The normalized spacial score (nSPS) is 11.5. The summed E-state index contributed by atoms with van der Waals surface area (Å²) in [5.41, 5.74) is 3.79. The molecule has 12 heteroatoms. The molecule has 10 nitrogen and oxygen atoms in total. The molecular weight excluding hydrogens is 702 g/mol. The van der Waals surface area contributed by atoms with Gasteiger partial charge in [0, 0.05) is 42.8 Å². The molecule has 0 saturated carbocycles. The predicted molar refractivity (Wildman–Crippen MR) is 205 cm³/mol. The average Bonchev–Trinajstić information content (AvgIpc) is 3.78. The summed E-state index contributed by atoms with van der Waals surface area (Å²) in [6.45, 7) is 13.3. The first-order valence-electron chi connectivity index (χ1n) is 17.7. The molecule has 5 aromatic rings. The average molecular weight is 748 g/mol. The van der Waals surface area contributed by atoms with Crippen LogP contribution in [0.25, 0.3) is 11.0 Å². The largest absolute Gasteiger partial charge is 0.467 e. The van der Waals surface area contributed by atoms with E-state index in [2.05, 4.69) is 18.7 Å². The van der Waals surface area contributed by atoms with Crippen molar-refractivity contribution in [2.45, 2.75) is 72.4 Å². The zero-order valence-corrected chi connectivity index (χ0v) is 32.1. The Hall–Kier alpha value is -4.74. The minimum absolute atomic E-state index is 0.0544. The standard InChI is InChI=1S/C40H46ClN3O7S/c1-7-22-42(9-3)29-18-19-34(28(24-29)25-43(26-30-15-14-23-50-30)39(45)32-16-12-13-17-33(32)41)44(10-4)52(47,48)36-21-20-35-37(31(36)8-2)27(6)38(51-35)40(46)49-11-5/h12-21,23-24H,7-11,22,25-26H2,1-6H3. The molecule has 0 unspecified atom stereocenters. The van der Waals surface area contributed by atoms with Crippen LogP contribution in [-0.2, 0) is 34.3 Å². The summed E-state index contributed by atoms with van der Waals surface area (Å²) in [5.74, 6) is -0.301. The fraction of sp³-hybridized carbons (Fsp3) is 0.350. The van der Waals surface area contributed by atoms with Crippen LogP contribution in [0.4, 0.5) is 11.4 Å². The number of esters is 1. The highest BCUT2D eigenvalue weighted by Crippen LogP contribution is 2.38. The second kappa shape index (κ2) is 16.7. The Labute approximate surface area is 310 Å². The fourth-order valence-corrected chi connectivity index (χ4v) is 8.68. The Bertz CT molecular complexity index is 2140. The molecule has 52 heavy (non-hydrogen) atoms. The van der Waals surface area contributed by atoms with E-state index in [9.17, 15) is 18.0 Å². The number of fused-ring (bicyclic) bond motifs is 1. The predicted octanol–water partition coefficient (Wildman–Crippen LogP) is 9.02. The summed E-state index contributed by atoms with van der Waals surface area (Å²) in [6.07, 6.45) is 2.83. The van der Waals surface area contributed by atoms with Crippen LogP contribution in [0.15, 0.2) is 86.7 Å². The zero-order chi connectivity index (χ0) is 37.6. The van der Waals surface area contributed by atoms with Gasteiger partial charge in [-0.1, -0.05) is 37.6 Å². The van der Waals surface area contributed by atoms with Crippen LogP contribution in [0.1, 0.15) is 84.4 Å². The summed E-state index contributed by atoms with van der Waals surface area (Å²) in [6, 6.07) is 19.3. The van der Waals surface area contributed by atoms with E-state index in [1.807, 2.05) is 25.1 Å². The van der Waals surface area contributed by atoms with E-state index in [-0.39, 0.29) is 42.8 Å². The van der Waals surface area contributed by atoms with E-state index >= 15 is 0 Å². The van der Waals surface area contributed by atoms with Gasteiger partial charge < -0.3 is 23.4 Å². The van der Waals surface area contributed by atoms with Gasteiger partial charge in [-0.2, -0.15) is 0 Å². The molecule has 0 atom stereocenters. The zero-order valence-electron chi connectivity index (χ0n) is 30.6. The third kappa shape index (κ3) is 7.71. The quantitative estimate of drug-likeness (QED) is 0.0920. The number of furan rings is 2. The molecule has 0 spiro atoms. The van der Waals surface area contributed by atoms with Crippen LogP contribution in [0.5, 0.6) is 0 Å². The number of anilines is 2. The van der Waals surface area contributed by atoms with E-state index in [1.54, 1.807) is 74.4 Å². The number of ether oxygens (including phenoxy) is 1. The maximum absolute atomic E-state index is 14.9. The molecule has 5 rings (SSSR count). The first-order chi connectivity index (χ1) is 25.0. The number of amides is 1. The number of hydrogen-bond donors (Lipinski definition) is 0.